The Kier molecular flexibility index (Phi) is 4.85. The predicted molar refractivity (Wildman–Crippen MR) is 45.7 cm³/mol. The molecule has 0 saturated carbocycles. The van der Waals surface area contributed by atoms with Gasteiger partial charge < -0.3 is 15.9 Å². The standard InChI is InChI=1S/C8H17NO3/c1-5(2)3-6(9)4-7(10)8(11)12/h5-7,10H,3-4,9H2,1-2H3,(H,11,12)/t6-,7+/m0/s1. The van der Waals surface area contributed by atoms with Crippen LogP contribution in [0.5, 0.6) is 0 Å². The van der Waals surface area contributed by atoms with Gasteiger partial charge in [0, 0.05) is 6.04 Å². The lowest BCUT2D eigenvalue weighted by Gasteiger charge is -2.15. The van der Waals surface area contributed by atoms with E-state index in [9.17, 15) is 4.79 Å². The number of hydrogen-bond acceptors (Lipinski definition) is 3. The molecule has 0 amide bonds. The molecule has 0 aromatic rings. The quantitative estimate of drug-likeness (QED) is 0.557. The zero-order chi connectivity index (χ0) is 9.72. The first-order valence-corrected chi connectivity index (χ1v) is 4.10. The van der Waals surface area contributed by atoms with Crippen molar-refractivity contribution in [3.63, 3.8) is 0 Å². The number of aliphatic hydroxyl groups is 1. The van der Waals surface area contributed by atoms with Crippen LogP contribution in [0.3, 0.4) is 0 Å². The normalized spacial score (nSPS) is 16.1. The molecule has 0 aliphatic rings. The van der Waals surface area contributed by atoms with Crippen LogP contribution in [0.25, 0.3) is 0 Å². The molecule has 0 aromatic carbocycles. The van der Waals surface area contributed by atoms with E-state index in [1.54, 1.807) is 0 Å². The third-order valence-corrected chi connectivity index (χ3v) is 1.59. The van der Waals surface area contributed by atoms with Gasteiger partial charge >= 0.3 is 5.97 Å². The van der Waals surface area contributed by atoms with Crippen molar-refractivity contribution in [1.29, 1.82) is 0 Å². The number of hydrogen-bond donors (Lipinski definition) is 3. The van der Waals surface area contributed by atoms with E-state index in [1.807, 2.05) is 13.8 Å². The Morgan fingerprint density at radius 1 is 1.42 bits per heavy atom. The molecule has 4 heteroatoms. The molecule has 0 saturated heterocycles. The van der Waals surface area contributed by atoms with Crippen LogP contribution < -0.4 is 5.73 Å². The monoisotopic (exact) mass is 175 g/mol. The average Bonchev–Trinajstić information content (AvgIpc) is 1.84. The summed E-state index contributed by atoms with van der Waals surface area (Å²) in [7, 11) is 0. The van der Waals surface area contributed by atoms with Gasteiger partial charge in [0.15, 0.2) is 6.10 Å². The van der Waals surface area contributed by atoms with Crippen molar-refractivity contribution in [2.45, 2.75) is 38.8 Å². The average molecular weight is 175 g/mol. The van der Waals surface area contributed by atoms with Crippen LogP contribution in [0.2, 0.25) is 0 Å². The van der Waals surface area contributed by atoms with Gasteiger partial charge in [0.1, 0.15) is 0 Å². The van der Waals surface area contributed by atoms with Crippen molar-refractivity contribution in [3.8, 4) is 0 Å². The van der Waals surface area contributed by atoms with Gasteiger partial charge in [-0.15, -0.1) is 0 Å². The van der Waals surface area contributed by atoms with Gasteiger partial charge in [0.05, 0.1) is 0 Å². The minimum Gasteiger partial charge on any atom is -0.479 e. The van der Waals surface area contributed by atoms with Crippen LogP contribution in [0, 0.1) is 5.92 Å². The van der Waals surface area contributed by atoms with E-state index in [0.717, 1.165) is 6.42 Å². The third kappa shape index (κ3) is 5.09. The smallest absolute Gasteiger partial charge is 0.332 e. The third-order valence-electron chi connectivity index (χ3n) is 1.59. The van der Waals surface area contributed by atoms with Crippen LogP contribution >= 0.6 is 0 Å². The number of aliphatic carboxylic acids is 1. The molecule has 0 unspecified atom stereocenters. The number of rotatable bonds is 5. The number of aliphatic hydroxyl groups excluding tert-OH is 1. The molecule has 0 rings (SSSR count). The first-order chi connectivity index (χ1) is 5.43. The topological polar surface area (TPSA) is 83.5 Å². The maximum atomic E-state index is 10.2. The number of carboxylic acid groups (broad SMARTS) is 1. The fourth-order valence-corrected chi connectivity index (χ4v) is 1.09. The number of nitrogens with two attached hydrogens (primary N) is 1. The van der Waals surface area contributed by atoms with Crippen molar-refractivity contribution in [3.05, 3.63) is 0 Å². The Morgan fingerprint density at radius 2 is 1.92 bits per heavy atom. The summed E-state index contributed by atoms with van der Waals surface area (Å²) in [6.45, 7) is 4.01. The summed E-state index contributed by atoms with van der Waals surface area (Å²) in [6.07, 6.45) is -0.448. The molecule has 0 aliphatic heterocycles. The Balaban J connectivity index is 3.68. The van der Waals surface area contributed by atoms with Crippen molar-refractivity contribution in [2.75, 3.05) is 0 Å². The highest BCUT2D eigenvalue weighted by Gasteiger charge is 2.17. The summed E-state index contributed by atoms with van der Waals surface area (Å²) in [5, 5.41) is 17.3. The fraction of sp³-hybridized carbons (Fsp3) is 0.875. The van der Waals surface area contributed by atoms with Crippen LogP contribution in [0.15, 0.2) is 0 Å². The summed E-state index contributed by atoms with van der Waals surface area (Å²) < 4.78 is 0. The molecular formula is C8H17NO3. The molecule has 0 fully saturated rings. The van der Waals surface area contributed by atoms with Gasteiger partial charge in [0.25, 0.3) is 0 Å². The summed E-state index contributed by atoms with van der Waals surface area (Å²) in [5.74, 6) is -0.768. The van der Waals surface area contributed by atoms with Crippen molar-refractivity contribution < 1.29 is 15.0 Å². The Bertz CT molecular complexity index is 147. The van der Waals surface area contributed by atoms with Crippen LogP contribution in [0.4, 0.5) is 0 Å². The summed E-state index contributed by atoms with van der Waals surface area (Å²) in [6, 6.07) is -0.226. The molecule has 0 aromatic heterocycles. The summed E-state index contributed by atoms with van der Waals surface area (Å²) in [4.78, 5) is 10.2. The highest BCUT2D eigenvalue weighted by Crippen LogP contribution is 2.07. The molecule has 72 valence electrons. The van der Waals surface area contributed by atoms with Crippen LogP contribution in [-0.4, -0.2) is 28.3 Å². The fourth-order valence-electron chi connectivity index (χ4n) is 1.09. The maximum absolute atomic E-state index is 10.2. The van der Waals surface area contributed by atoms with Gasteiger partial charge in [-0.1, -0.05) is 13.8 Å². The first kappa shape index (κ1) is 11.4. The lowest BCUT2D eigenvalue weighted by Crippen LogP contribution is -2.31. The molecule has 0 radical (unpaired) electrons. The van der Waals surface area contributed by atoms with E-state index in [2.05, 4.69) is 0 Å². The molecule has 12 heavy (non-hydrogen) atoms. The van der Waals surface area contributed by atoms with Crippen LogP contribution in [-0.2, 0) is 4.79 Å². The number of carbonyl (C=O) groups is 1. The molecular weight excluding hydrogens is 158 g/mol. The van der Waals surface area contributed by atoms with Crippen LogP contribution in [0.1, 0.15) is 26.7 Å². The van der Waals surface area contributed by atoms with E-state index < -0.39 is 12.1 Å². The summed E-state index contributed by atoms with van der Waals surface area (Å²) in [5.41, 5.74) is 5.59. The van der Waals surface area contributed by atoms with Gasteiger partial charge in [0.2, 0.25) is 0 Å². The molecule has 0 spiro atoms. The van der Waals surface area contributed by atoms with E-state index >= 15 is 0 Å². The Hall–Kier alpha value is -0.610. The summed E-state index contributed by atoms with van der Waals surface area (Å²) >= 11 is 0. The zero-order valence-corrected chi connectivity index (χ0v) is 7.53. The Labute approximate surface area is 72.4 Å². The largest absolute Gasteiger partial charge is 0.479 e. The second kappa shape index (κ2) is 5.11. The maximum Gasteiger partial charge on any atom is 0.332 e. The predicted octanol–water partition coefficient (Wildman–Crippen LogP) is 0.195. The van der Waals surface area contributed by atoms with E-state index in [-0.39, 0.29) is 12.5 Å². The van der Waals surface area contributed by atoms with Crippen molar-refractivity contribution in [1.82, 2.24) is 0 Å². The lowest BCUT2D eigenvalue weighted by molar-refractivity contribution is -0.147. The molecule has 0 aliphatic carbocycles. The van der Waals surface area contributed by atoms with Gasteiger partial charge in [-0.05, 0) is 18.8 Å². The number of carboxylic acids is 1. The molecule has 4 N–H and O–H groups in total. The van der Waals surface area contributed by atoms with Gasteiger partial charge in [-0.25, -0.2) is 4.79 Å². The minimum absolute atomic E-state index is 0.132. The SMILES string of the molecule is CC(C)C[C@H](N)C[C@@H](O)C(=O)O. The van der Waals surface area contributed by atoms with Crippen molar-refractivity contribution >= 4 is 5.97 Å². The second-order valence-electron chi connectivity index (χ2n) is 3.48. The van der Waals surface area contributed by atoms with E-state index in [4.69, 9.17) is 15.9 Å². The van der Waals surface area contributed by atoms with Gasteiger partial charge in [-0.3, -0.25) is 0 Å². The van der Waals surface area contributed by atoms with E-state index in [1.165, 1.54) is 0 Å². The highest BCUT2D eigenvalue weighted by atomic mass is 16.4. The second-order valence-corrected chi connectivity index (χ2v) is 3.48. The Morgan fingerprint density at radius 3 is 2.25 bits per heavy atom. The zero-order valence-electron chi connectivity index (χ0n) is 7.53. The molecule has 2 atom stereocenters. The van der Waals surface area contributed by atoms with E-state index in [0.29, 0.717) is 5.92 Å². The molecule has 0 bridgehead atoms. The van der Waals surface area contributed by atoms with Crippen molar-refractivity contribution in [2.24, 2.45) is 11.7 Å². The molecule has 4 nitrogen and oxygen atoms in total. The first-order valence-electron chi connectivity index (χ1n) is 4.10. The molecule has 0 heterocycles. The lowest BCUT2D eigenvalue weighted by atomic mass is 10.00. The minimum atomic E-state index is -1.32. The highest BCUT2D eigenvalue weighted by molar-refractivity contribution is 5.71. The van der Waals surface area contributed by atoms with Gasteiger partial charge in [-0.2, -0.15) is 0 Å².